The minimum Gasteiger partial charge on any atom is -0.459 e. The fraction of sp³-hybridized carbons (Fsp3) is 0.947. The molecule has 14 heteroatoms. The SMILES string of the molecule is CC[C@@H](O)[C@@](C)(O)[C@@H]1OC(=O)[C@H](C)[C@@H](O[C@H]2CC(C)(OC)[C@@H](O)C(C)O2)[C@H](C)[C@@H](O[C@@H]2OC(C)CC(N(C)C(C)=O)C2O)C2(C)CC(C)C(O2)[C@@H]1C. The molecule has 4 fully saturated rings. The van der Waals surface area contributed by atoms with E-state index in [4.69, 9.17) is 33.2 Å². The molecule has 4 aliphatic heterocycles. The molecule has 4 saturated heterocycles. The van der Waals surface area contributed by atoms with Crippen LogP contribution >= 0.6 is 0 Å². The van der Waals surface area contributed by atoms with Crippen LogP contribution in [-0.2, 0) is 42.7 Å². The normalized spacial score (nSPS) is 47.9. The number of rotatable bonds is 9. The first-order chi connectivity index (χ1) is 24.0. The number of amides is 1. The summed E-state index contributed by atoms with van der Waals surface area (Å²) >= 11 is 0. The number of hydrogen-bond acceptors (Lipinski definition) is 13. The highest BCUT2D eigenvalue weighted by molar-refractivity contribution is 5.73. The second-order valence-electron chi connectivity index (χ2n) is 16.9. The van der Waals surface area contributed by atoms with Crippen LogP contribution in [0.3, 0.4) is 0 Å². The molecule has 52 heavy (non-hydrogen) atoms. The van der Waals surface area contributed by atoms with Crippen molar-refractivity contribution in [2.75, 3.05) is 14.2 Å². The zero-order chi connectivity index (χ0) is 39.2. The van der Waals surface area contributed by atoms with Gasteiger partial charge in [0.1, 0.15) is 23.9 Å². The Labute approximate surface area is 309 Å². The predicted molar refractivity (Wildman–Crippen MR) is 189 cm³/mol. The molecule has 4 aliphatic rings. The van der Waals surface area contributed by atoms with Crippen LogP contribution in [0.15, 0.2) is 0 Å². The number of carbonyl (C=O) groups is 2. The number of aliphatic hydroxyl groups excluding tert-OH is 3. The van der Waals surface area contributed by atoms with Gasteiger partial charge in [0.2, 0.25) is 5.91 Å². The van der Waals surface area contributed by atoms with Crippen LogP contribution in [0.25, 0.3) is 0 Å². The number of likely N-dealkylation sites (N-methyl/N-ethyl adjacent to an activating group) is 1. The van der Waals surface area contributed by atoms with E-state index in [9.17, 15) is 30.0 Å². The third-order valence-electron chi connectivity index (χ3n) is 12.7. The third-order valence-corrected chi connectivity index (χ3v) is 12.7. The molecule has 0 radical (unpaired) electrons. The number of ether oxygens (including phenoxy) is 7. The molecule has 2 bridgehead atoms. The first-order valence-corrected chi connectivity index (χ1v) is 19.1. The van der Waals surface area contributed by atoms with Crippen LogP contribution in [0.2, 0.25) is 0 Å². The Hall–Kier alpha value is -1.46. The molecule has 0 spiro atoms. The Bertz CT molecular complexity index is 1240. The van der Waals surface area contributed by atoms with Crippen molar-refractivity contribution >= 4 is 11.9 Å². The van der Waals surface area contributed by atoms with Crippen LogP contribution < -0.4 is 0 Å². The Kier molecular flexibility index (Phi) is 13.6. The van der Waals surface area contributed by atoms with Crippen molar-refractivity contribution in [3.63, 3.8) is 0 Å². The highest BCUT2D eigenvalue weighted by Crippen LogP contribution is 2.48. The molecule has 8 unspecified atom stereocenters. The summed E-state index contributed by atoms with van der Waals surface area (Å²) in [6.45, 7) is 19.4. The average Bonchev–Trinajstić information content (AvgIpc) is 3.40. The molecule has 1 amide bonds. The second kappa shape index (κ2) is 16.3. The Balaban J connectivity index is 1.83. The fourth-order valence-corrected chi connectivity index (χ4v) is 9.31. The number of hydrogen-bond donors (Lipinski definition) is 4. The molecular formula is C38H67NO13. The van der Waals surface area contributed by atoms with Crippen LogP contribution in [0, 0.1) is 23.7 Å². The second-order valence-corrected chi connectivity index (χ2v) is 16.9. The molecule has 0 saturated carbocycles. The smallest absolute Gasteiger partial charge is 0.311 e. The summed E-state index contributed by atoms with van der Waals surface area (Å²) in [4.78, 5) is 28.2. The number of carbonyl (C=O) groups excluding carboxylic acids is 2. The average molecular weight is 746 g/mol. The standard InChI is InChI=1S/C38H67NO13/c1-14-26(41)38(11,45)33-20(4)29-18(2)16-37(10,52-29)32(51-35-28(42)25(15-19(3)47-35)39(12)24(8)40)21(5)30(22(6)34(44)50-33)49-27-17-36(9,46-13)31(43)23(7)48-27/h18-23,25-33,35,41-43,45H,14-17H2,1-13H3/t18?,19?,20-,21-,22+,23?,25?,26+,27-,28?,29?,30-,31-,32+,33+,35-,36?,37?,38+/m0/s1. The Morgan fingerprint density at radius 2 is 1.69 bits per heavy atom. The van der Waals surface area contributed by atoms with E-state index in [-0.39, 0.29) is 30.8 Å². The van der Waals surface area contributed by atoms with Crippen molar-refractivity contribution in [1.82, 2.24) is 4.90 Å². The van der Waals surface area contributed by atoms with E-state index < -0.39 is 108 Å². The van der Waals surface area contributed by atoms with Crippen molar-refractivity contribution in [1.29, 1.82) is 0 Å². The molecule has 4 N–H and O–H groups in total. The van der Waals surface area contributed by atoms with Gasteiger partial charge < -0.3 is 58.5 Å². The van der Waals surface area contributed by atoms with Crippen molar-refractivity contribution in [2.45, 2.75) is 192 Å². The number of esters is 1. The van der Waals surface area contributed by atoms with Crippen molar-refractivity contribution in [2.24, 2.45) is 23.7 Å². The predicted octanol–water partition coefficient (Wildman–Crippen LogP) is 2.54. The van der Waals surface area contributed by atoms with Gasteiger partial charge in [-0.05, 0) is 66.7 Å². The summed E-state index contributed by atoms with van der Waals surface area (Å²) in [7, 11) is 3.16. The van der Waals surface area contributed by atoms with Gasteiger partial charge in [-0.15, -0.1) is 0 Å². The molecule has 302 valence electrons. The molecule has 0 aliphatic carbocycles. The highest BCUT2D eigenvalue weighted by Gasteiger charge is 2.59. The summed E-state index contributed by atoms with van der Waals surface area (Å²) in [6, 6.07) is -0.572. The van der Waals surface area contributed by atoms with E-state index in [0.717, 1.165) is 0 Å². The lowest BCUT2D eigenvalue weighted by Gasteiger charge is -2.48. The number of nitrogens with zero attached hydrogens (tertiary/aromatic N) is 1. The maximum Gasteiger partial charge on any atom is 0.311 e. The van der Waals surface area contributed by atoms with Gasteiger partial charge in [0.15, 0.2) is 12.6 Å². The molecule has 19 atom stereocenters. The van der Waals surface area contributed by atoms with Crippen LogP contribution in [0.5, 0.6) is 0 Å². The van der Waals surface area contributed by atoms with Gasteiger partial charge in [-0.3, -0.25) is 9.59 Å². The molecule has 4 rings (SSSR count). The summed E-state index contributed by atoms with van der Waals surface area (Å²) in [5.74, 6) is -3.13. The van der Waals surface area contributed by atoms with Crippen LogP contribution in [0.4, 0.5) is 0 Å². The lowest BCUT2D eigenvalue weighted by Crippen LogP contribution is -2.60. The van der Waals surface area contributed by atoms with Crippen LogP contribution in [-0.4, -0.2) is 142 Å². The highest BCUT2D eigenvalue weighted by atomic mass is 16.7. The molecule has 0 aromatic rings. The summed E-state index contributed by atoms with van der Waals surface area (Å²) < 4.78 is 44.9. The van der Waals surface area contributed by atoms with Crippen molar-refractivity contribution < 1.29 is 63.2 Å². The van der Waals surface area contributed by atoms with Gasteiger partial charge in [0.25, 0.3) is 0 Å². The monoisotopic (exact) mass is 745 g/mol. The number of aliphatic hydroxyl groups is 4. The third kappa shape index (κ3) is 8.36. The molecule has 0 aromatic heterocycles. The Morgan fingerprint density at radius 3 is 2.27 bits per heavy atom. The van der Waals surface area contributed by atoms with Gasteiger partial charge in [-0.25, -0.2) is 0 Å². The summed E-state index contributed by atoms with van der Waals surface area (Å²) in [6.07, 6.45) is -8.61. The maximum atomic E-state index is 14.3. The van der Waals surface area contributed by atoms with Crippen molar-refractivity contribution in [3.8, 4) is 0 Å². The van der Waals surface area contributed by atoms with Crippen LogP contribution in [0.1, 0.15) is 102 Å². The zero-order valence-corrected chi connectivity index (χ0v) is 33.5. The first-order valence-electron chi connectivity index (χ1n) is 19.1. The quantitative estimate of drug-likeness (QED) is 0.253. The van der Waals surface area contributed by atoms with E-state index >= 15 is 0 Å². The molecular weight excluding hydrogens is 678 g/mol. The van der Waals surface area contributed by atoms with Gasteiger partial charge in [0.05, 0.1) is 59.8 Å². The minimum atomic E-state index is -1.82. The number of cyclic esters (lactones) is 1. The van der Waals surface area contributed by atoms with Gasteiger partial charge in [-0.2, -0.15) is 0 Å². The molecule has 0 aromatic carbocycles. The van der Waals surface area contributed by atoms with E-state index in [1.54, 1.807) is 34.7 Å². The minimum absolute atomic E-state index is 0.107. The first kappa shape index (κ1) is 43.3. The van der Waals surface area contributed by atoms with E-state index in [2.05, 4.69) is 0 Å². The summed E-state index contributed by atoms with van der Waals surface area (Å²) in [5.41, 5.74) is -3.86. The van der Waals surface area contributed by atoms with E-state index in [0.29, 0.717) is 12.8 Å². The number of fused-ring (bicyclic) bond motifs is 2. The van der Waals surface area contributed by atoms with Crippen molar-refractivity contribution in [3.05, 3.63) is 0 Å². The van der Waals surface area contributed by atoms with E-state index in [1.165, 1.54) is 25.9 Å². The van der Waals surface area contributed by atoms with Gasteiger partial charge in [0, 0.05) is 39.3 Å². The lowest BCUT2D eigenvalue weighted by atomic mass is 9.76. The van der Waals surface area contributed by atoms with E-state index in [1.807, 2.05) is 34.6 Å². The molecule has 14 nitrogen and oxygen atoms in total. The maximum absolute atomic E-state index is 14.3. The van der Waals surface area contributed by atoms with Gasteiger partial charge >= 0.3 is 5.97 Å². The van der Waals surface area contributed by atoms with Gasteiger partial charge in [-0.1, -0.05) is 27.7 Å². The summed E-state index contributed by atoms with van der Waals surface area (Å²) in [5, 5.41) is 45.4. The Morgan fingerprint density at radius 1 is 1.06 bits per heavy atom. The largest absolute Gasteiger partial charge is 0.459 e. The molecule has 4 heterocycles. The zero-order valence-electron chi connectivity index (χ0n) is 33.5. The number of methoxy groups -OCH3 is 1. The topological polar surface area (TPSA) is 183 Å². The fourth-order valence-electron chi connectivity index (χ4n) is 9.31. The lowest BCUT2D eigenvalue weighted by molar-refractivity contribution is -0.318.